The highest BCUT2D eigenvalue weighted by Crippen LogP contribution is 2.11. The van der Waals surface area contributed by atoms with Crippen LogP contribution in [-0.2, 0) is 6.54 Å². The first kappa shape index (κ1) is 14.0. The van der Waals surface area contributed by atoms with Crippen LogP contribution in [0, 0.1) is 0 Å². The van der Waals surface area contributed by atoms with Gasteiger partial charge in [-0.2, -0.15) is 0 Å². The molecular weight excluding hydrogens is 278 g/mol. The zero-order valence-electron chi connectivity index (χ0n) is 12.1. The summed E-state index contributed by atoms with van der Waals surface area (Å²) in [6.07, 6.45) is 1.49. The Hall–Kier alpha value is -2.95. The number of carbonyl (C=O) groups excluding carboxylic acids is 1. The minimum Gasteiger partial charge on any atom is -0.497 e. The second kappa shape index (κ2) is 6.22. The minimum absolute atomic E-state index is 0.242. The zero-order valence-corrected chi connectivity index (χ0v) is 12.1. The summed E-state index contributed by atoms with van der Waals surface area (Å²) in [5, 5.41) is 2.84. The number of nitrogens with zero attached hydrogens (tertiary/aromatic N) is 2. The molecule has 3 rings (SSSR count). The molecule has 2 aromatic carbocycles. The number of aromatic nitrogens is 2. The largest absolute Gasteiger partial charge is 0.497 e. The number of benzene rings is 2. The lowest BCUT2D eigenvalue weighted by molar-refractivity contribution is 0.0946. The summed E-state index contributed by atoms with van der Waals surface area (Å²) in [5.74, 6) is 0.546. The van der Waals surface area contributed by atoms with Gasteiger partial charge in [-0.3, -0.25) is 9.78 Å². The van der Waals surface area contributed by atoms with E-state index in [-0.39, 0.29) is 5.91 Å². The Morgan fingerprint density at radius 1 is 1.09 bits per heavy atom. The van der Waals surface area contributed by atoms with Crippen LogP contribution in [0.25, 0.3) is 11.0 Å². The van der Waals surface area contributed by atoms with Gasteiger partial charge < -0.3 is 10.1 Å². The number of methoxy groups -OCH3 is 1. The fourth-order valence-corrected chi connectivity index (χ4v) is 2.08. The normalized spacial score (nSPS) is 10.4. The molecule has 0 aliphatic rings. The average Bonchev–Trinajstić information content (AvgIpc) is 2.59. The summed E-state index contributed by atoms with van der Waals surface area (Å²) in [5.41, 5.74) is 2.78. The van der Waals surface area contributed by atoms with E-state index in [1.54, 1.807) is 7.11 Å². The quantitative estimate of drug-likeness (QED) is 0.803. The number of hydrogen-bond donors (Lipinski definition) is 1. The second-order valence-electron chi connectivity index (χ2n) is 4.77. The minimum atomic E-state index is -0.242. The first-order valence-corrected chi connectivity index (χ1v) is 6.89. The number of carbonyl (C=O) groups is 1. The molecular formula is C17H15N3O2. The summed E-state index contributed by atoms with van der Waals surface area (Å²) in [6.45, 7) is 0.428. The van der Waals surface area contributed by atoms with Crippen LogP contribution in [-0.4, -0.2) is 23.0 Å². The molecule has 3 aromatic rings. The topological polar surface area (TPSA) is 64.1 Å². The highest BCUT2D eigenvalue weighted by Gasteiger charge is 2.08. The molecule has 1 aromatic heterocycles. The van der Waals surface area contributed by atoms with Crippen molar-refractivity contribution in [1.82, 2.24) is 15.3 Å². The van der Waals surface area contributed by atoms with Gasteiger partial charge in [0.05, 0.1) is 24.3 Å². The van der Waals surface area contributed by atoms with Crippen molar-refractivity contribution in [2.45, 2.75) is 6.54 Å². The van der Waals surface area contributed by atoms with E-state index in [1.807, 2.05) is 48.5 Å². The van der Waals surface area contributed by atoms with E-state index in [4.69, 9.17) is 4.74 Å². The van der Waals surface area contributed by atoms with Gasteiger partial charge in [-0.15, -0.1) is 0 Å². The average molecular weight is 293 g/mol. The van der Waals surface area contributed by atoms with Crippen LogP contribution in [0.1, 0.15) is 16.1 Å². The first-order chi connectivity index (χ1) is 10.8. The van der Waals surface area contributed by atoms with Crippen molar-refractivity contribution in [3.63, 3.8) is 0 Å². The van der Waals surface area contributed by atoms with Gasteiger partial charge in [0.1, 0.15) is 11.4 Å². The Morgan fingerprint density at radius 2 is 1.82 bits per heavy atom. The van der Waals surface area contributed by atoms with Gasteiger partial charge in [0.2, 0.25) is 0 Å². The maximum Gasteiger partial charge on any atom is 0.271 e. The zero-order chi connectivity index (χ0) is 15.4. The van der Waals surface area contributed by atoms with Crippen LogP contribution in [0.5, 0.6) is 5.75 Å². The Labute approximate surface area is 128 Å². The molecule has 0 fully saturated rings. The molecule has 110 valence electrons. The molecule has 0 aliphatic heterocycles. The summed E-state index contributed by atoms with van der Waals surface area (Å²) in [4.78, 5) is 20.7. The predicted molar refractivity (Wildman–Crippen MR) is 83.7 cm³/mol. The number of amides is 1. The van der Waals surface area contributed by atoms with Crippen LogP contribution >= 0.6 is 0 Å². The number of ether oxygens (including phenoxy) is 1. The molecule has 0 saturated heterocycles. The second-order valence-corrected chi connectivity index (χ2v) is 4.77. The SMILES string of the molecule is COc1ccc(CNC(=O)c2cnc3ccccc3n2)cc1. The molecule has 1 N–H and O–H groups in total. The first-order valence-electron chi connectivity index (χ1n) is 6.89. The molecule has 1 amide bonds. The molecule has 0 unspecified atom stereocenters. The Balaban J connectivity index is 1.69. The molecule has 5 nitrogen and oxygen atoms in total. The van der Waals surface area contributed by atoms with Crippen molar-refractivity contribution in [2.24, 2.45) is 0 Å². The number of fused-ring (bicyclic) bond motifs is 1. The number of rotatable bonds is 4. The van der Waals surface area contributed by atoms with Gasteiger partial charge in [-0.1, -0.05) is 24.3 Å². The van der Waals surface area contributed by atoms with Crippen LogP contribution < -0.4 is 10.1 Å². The smallest absolute Gasteiger partial charge is 0.271 e. The predicted octanol–water partition coefficient (Wildman–Crippen LogP) is 2.57. The Kier molecular flexibility index (Phi) is 3.96. The fraction of sp³-hybridized carbons (Fsp3) is 0.118. The third-order valence-corrected chi connectivity index (χ3v) is 3.29. The van der Waals surface area contributed by atoms with E-state index >= 15 is 0 Å². The highest BCUT2D eigenvalue weighted by atomic mass is 16.5. The molecule has 5 heteroatoms. The third-order valence-electron chi connectivity index (χ3n) is 3.29. The van der Waals surface area contributed by atoms with Crippen LogP contribution in [0.2, 0.25) is 0 Å². The van der Waals surface area contributed by atoms with Crippen LogP contribution in [0.4, 0.5) is 0 Å². The van der Waals surface area contributed by atoms with Crippen molar-refractivity contribution >= 4 is 16.9 Å². The van der Waals surface area contributed by atoms with E-state index in [1.165, 1.54) is 6.20 Å². The van der Waals surface area contributed by atoms with Crippen LogP contribution in [0.15, 0.2) is 54.7 Å². The summed E-state index contributed by atoms with van der Waals surface area (Å²) >= 11 is 0. The van der Waals surface area contributed by atoms with Crippen molar-refractivity contribution < 1.29 is 9.53 Å². The van der Waals surface area contributed by atoms with Gasteiger partial charge in [0.25, 0.3) is 5.91 Å². The lowest BCUT2D eigenvalue weighted by Crippen LogP contribution is -2.24. The molecule has 0 aliphatic carbocycles. The number of nitrogens with one attached hydrogen (secondary N) is 1. The van der Waals surface area contributed by atoms with Gasteiger partial charge in [-0.25, -0.2) is 4.98 Å². The molecule has 0 atom stereocenters. The van der Waals surface area contributed by atoms with E-state index in [0.29, 0.717) is 17.8 Å². The lowest BCUT2D eigenvalue weighted by Gasteiger charge is -2.06. The standard InChI is InChI=1S/C17H15N3O2/c1-22-13-8-6-12(7-9-13)10-19-17(21)16-11-18-14-4-2-3-5-15(14)20-16/h2-9,11H,10H2,1H3,(H,19,21). The van der Waals surface area contributed by atoms with Crippen molar-refractivity contribution in [3.05, 3.63) is 66.0 Å². The van der Waals surface area contributed by atoms with E-state index < -0.39 is 0 Å². The lowest BCUT2D eigenvalue weighted by atomic mass is 10.2. The molecule has 0 spiro atoms. The monoisotopic (exact) mass is 293 g/mol. The van der Waals surface area contributed by atoms with E-state index in [0.717, 1.165) is 16.8 Å². The molecule has 0 saturated carbocycles. The Morgan fingerprint density at radius 3 is 2.55 bits per heavy atom. The van der Waals surface area contributed by atoms with Gasteiger partial charge >= 0.3 is 0 Å². The summed E-state index contributed by atoms with van der Waals surface area (Å²) in [7, 11) is 1.62. The maximum absolute atomic E-state index is 12.1. The Bertz CT molecular complexity index is 800. The van der Waals surface area contributed by atoms with Gasteiger partial charge in [0, 0.05) is 6.54 Å². The van der Waals surface area contributed by atoms with Crippen molar-refractivity contribution in [3.8, 4) is 5.75 Å². The fourth-order valence-electron chi connectivity index (χ4n) is 2.08. The molecule has 0 radical (unpaired) electrons. The van der Waals surface area contributed by atoms with Crippen molar-refractivity contribution in [2.75, 3.05) is 7.11 Å². The van der Waals surface area contributed by atoms with Crippen molar-refractivity contribution in [1.29, 1.82) is 0 Å². The van der Waals surface area contributed by atoms with Crippen LogP contribution in [0.3, 0.4) is 0 Å². The molecule has 22 heavy (non-hydrogen) atoms. The third kappa shape index (κ3) is 3.03. The van der Waals surface area contributed by atoms with Gasteiger partial charge in [0.15, 0.2) is 0 Å². The molecule has 0 bridgehead atoms. The number of hydrogen-bond acceptors (Lipinski definition) is 4. The highest BCUT2D eigenvalue weighted by molar-refractivity contribution is 5.93. The number of para-hydroxylation sites is 2. The summed E-state index contributed by atoms with van der Waals surface area (Å²) < 4.78 is 5.10. The van der Waals surface area contributed by atoms with E-state index in [9.17, 15) is 4.79 Å². The summed E-state index contributed by atoms with van der Waals surface area (Å²) in [6, 6.07) is 15.0. The van der Waals surface area contributed by atoms with Gasteiger partial charge in [-0.05, 0) is 29.8 Å². The van der Waals surface area contributed by atoms with E-state index in [2.05, 4.69) is 15.3 Å². The molecule has 1 heterocycles. The maximum atomic E-state index is 12.1.